The standard InChI is InChI=1S/C9H16INO/c1-3-4-5-8(10)6-7(2)9(11)12/h6-7H,3-5H2,1-2H3,(H2,11,12)/b8-6-. The van der Waals surface area contributed by atoms with Crippen molar-refractivity contribution >= 4 is 28.5 Å². The highest BCUT2D eigenvalue weighted by Crippen LogP contribution is 2.17. The predicted molar refractivity (Wildman–Crippen MR) is 60.0 cm³/mol. The van der Waals surface area contributed by atoms with Gasteiger partial charge in [0, 0.05) is 0 Å². The molecule has 0 radical (unpaired) electrons. The zero-order valence-corrected chi connectivity index (χ0v) is 9.80. The summed E-state index contributed by atoms with van der Waals surface area (Å²) < 4.78 is 1.24. The number of primary amides is 1. The van der Waals surface area contributed by atoms with Gasteiger partial charge in [-0.25, -0.2) is 0 Å². The van der Waals surface area contributed by atoms with Gasteiger partial charge in [0.1, 0.15) is 0 Å². The lowest BCUT2D eigenvalue weighted by Crippen LogP contribution is -2.18. The van der Waals surface area contributed by atoms with E-state index in [1.807, 2.05) is 13.0 Å². The SMILES string of the molecule is CCCC/C(I)=C/C(C)C(N)=O. The normalized spacial score (nSPS) is 14.4. The molecular weight excluding hydrogens is 265 g/mol. The van der Waals surface area contributed by atoms with E-state index in [4.69, 9.17) is 5.73 Å². The first-order valence-electron chi connectivity index (χ1n) is 4.23. The number of unbranched alkanes of at least 4 members (excludes halogenated alkanes) is 1. The van der Waals surface area contributed by atoms with Crippen LogP contribution in [0.5, 0.6) is 0 Å². The molecule has 0 heterocycles. The highest BCUT2D eigenvalue weighted by molar-refractivity contribution is 14.1. The number of allylic oxidation sites excluding steroid dienone is 1. The lowest BCUT2D eigenvalue weighted by Gasteiger charge is -2.02. The minimum Gasteiger partial charge on any atom is -0.369 e. The summed E-state index contributed by atoms with van der Waals surface area (Å²) in [6.07, 6.45) is 5.37. The third kappa shape index (κ3) is 5.57. The van der Waals surface area contributed by atoms with E-state index in [9.17, 15) is 4.79 Å². The Labute approximate surface area is 87.7 Å². The van der Waals surface area contributed by atoms with Gasteiger partial charge in [0.15, 0.2) is 0 Å². The Hall–Kier alpha value is -0.0600. The molecule has 0 spiro atoms. The Morgan fingerprint density at radius 1 is 1.67 bits per heavy atom. The monoisotopic (exact) mass is 281 g/mol. The Morgan fingerprint density at radius 2 is 2.25 bits per heavy atom. The first-order valence-corrected chi connectivity index (χ1v) is 5.31. The molecule has 12 heavy (non-hydrogen) atoms. The molecule has 0 aliphatic rings. The molecule has 1 amide bonds. The van der Waals surface area contributed by atoms with Crippen LogP contribution in [0.15, 0.2) is 9.66 Å². The van der Waals surface area contributed by atoms with E-state index in [0.29, 0.717) is 0 Å². The van der Waals surface area contributed by atoms with Crippen molar-refractivity contribution in [3.8, 4) is 0 Å². The van der Waals surface area contributed by atoms with E-state index < -0.39 is 0 Å². The lowest BCUT2D eigenvalue weighted by molar-refractivity contribution is -0.120. The fourth-order valence-corrected chi connectivity index (χ4v) is 1.70. The van der Waals surface area contributed by atoms with Crippen molar-refractivity contribution in [1.82, 2.24) is 0 Å². The molecule has 2 N–H and O–H groups in total. The molecular formula is C9H16INO. The average Bonchev–Trinajstić information content (AvgIpc) is 2.00. The molecule has 0 rings (SSSR count). The average molecular weight is 281 g/mol. The number of hydrogen-bond donors (Lipinski definition) is 1. The molecule has 0 aromatic rings. The highest BCUT2D eigenvalue weighted by atomic mass is 127. The van der Waals surface area contributed by atoms with Gasteiger partial charge in [-0.15, -0.1) is 0 Å². The van der Waals surface area contributed by atoms with Crippen LogP contribution in [0.3, 0.4) is 0 Å². The minimum atomic E-state index is -0.249. The van der Waals surface area contributed by atoms with Crippen molar-refractivity contribution in [3.63, 3.8) is 0 Å². The molecule has 1 unspecified atom stereocenters. The van der Waals surface area contributed by atoms with Gasteiger partial charge in [0.2, 0.25) is 5.91 Å². The van der Waals surface area contributed by atoms with Crippen LogP contribution in [-0.2, 0) is 4.79 Å². The summed E-state index contributed by atoms with van der Waals surface area (Å²) >= 11 is 2.27. The van der Waals surface area contributed by atoms with E-state index in [1.165, 1.54) is 16.4 Å². The maximum Gasteiger partial charge on any atom is 0.224 e. The van der Waals surface area contributed by atoms with Gasteiger partial charge in [0.05, 0.1) is 5.92 Å². The molecule has 0 aromatic carbocycles. The molecule has 0 saturated heterocycles. The molecule has 70 valence electrons. The van der Waals surface area contributed by atoms with Crippen molar-refractivity contribution in [2.75, 3.05) is 0 Å². The summed E-state index contributed by atoms with van der Waals surface area (Å²) in [6.45, 7) is 3.98. The van der Waals surface area contributed by atoms with Gasteiger partial charge < -0.3 is 5.73 Å². The quantitative estimate of drug-likeness (QED) is 0.773. The Bertz CT molecular complexity index is 177. The Kier molecular flexibility index (Phi) is 6.42. The van der Waals surface area contributed by atoms with Crippen LogP contribution in [0.4, 0.5) is 0 Å². The van der Waals surface area contributed by atoms with E-state index in [-0.39, 0.29) is 11.8 Å². The predicted octanol–water partition coefficient (Wildman–Crippen LogP) is 2.62. The van der Waals surface area contributed by atoms with Gasteiger partial charge >= 0.3 is 0 Å². The summed E-state index contributed by atoms with van der Waals surface area (Å²) in [5, 5.41) is 0. The first kappa shape index (κ1) is 11.9. The zero-order chi connectivity index (χ0) is 9.56. The first-order chi connectivity index (χ1) is 5.57. The molecule has 0 aromatic heterocycles. The molecule has 0 aliphatic carbocycles. The summed E-state index contributed by atoms with van der Waals surface area (Å²) in [4.78, 5) is 10.7. The van der Waals surface area contributed by atoms with E-state index in [0.717, 1.165) is 6.42 Å². The maximum atomic E-state index is 10.7. The van der Waals surface area contributed by atoms with E-state index in [2.05, 4.69) is 29.5 Å². The molecule has 0 saturated carbocycles. The summed E-state index contributed by atoms with van der Waals surface area (Å²) in [6, 6.07) is 0. The van der Waals surface area contributed by atoms with Crippen molar-refractivity contribution in [2.45, 2.75) is 33.1 Å². The largest absolute Gasteiger partial charge is 0.369 e. The van der Waals surface area contributed by atoms with Crippen LogP contribution in [0.25, 0.3) is 0 Å². The summed E-state index contributed by atoms with van der Waals surface area (Å²) in [5.41, 5.74) is 5.13. The van der Waals surface area contributed by atoms with Crippen LogP contribution >= 0.6 is 22.6 Å². The van der Waals surface area contributed by atoms with Gasteiger partial charge in [-0.2, -0.15) is 0 Å². The van der Waals surface area contributed by atoms with Crippen LogP contribution in [0.1, 0.15) is 33.1 Å². The smallest absolute Gasteiger partial charge is 0.224 e. The fourth-order valence-electron chi connectivity index (χ4n) is 0.782. The summed E-state index contributed by atoms with van der Waals surface area (Å²) in [7, 11) is 0. The van der Waals surface area contributed by atoms with Gasteiger partial charge in [0.25, 0.3) is 0 Å². The highest BCUT2D eigenvalue weighted by Gasteiger charge is 2.04. The second kappa shape index (κ2) is 6.46. The number of carbonyl (C=O) groups is 1. The molecule has 0 aliphatic heterocycles. The summed E-state index contributed by atoms with van der Waals surface area (Å²) in [5.74, 6) is -0.380. The molecule has 2 nitrogen and oxygen atoms in total. The number of hydrogen-bond acceptors (Lipinski definition) is 1. The Balaban J connectivity index is 3.89. The molecule has 1 atom stereocenters. The van der Waals surface area contributed by atoms with E-state index in [1.54, 1.807) is 0 Å². The van der Waals surface area contributed by atoms with E-state index >= 15 is 0 Å². The number of nitrogens with two attached hydrogens (primary N) is 1. The van der Waals surface area contributed by atoms with Crippen LogP contribution in [0, 0.1) is 5.92 Å². The lowest BCUT2D eigenvalue weighted by atomic mass is 10.1. The van der Waals surface area contributed by atoms with Crippen LogP contribution in [-0.4, -0.2) is 5.91 Å². The van der Waals surface area contributed by atoms with Crippen molar-refractivity contribution in [2.24, 2.45) is 11.7 Å². The maximum absolute atomic E-state index is 10.7. The third-order valence-corrected chi connectivity index (χ3v) is 2.55. The molecule has 0 bridgehead atoms. The third-order valence-electron chi connectivity index (χ3n) is 1.65. The number of rotatable bonds is 5. The van der Waals surface area contributed by atoms with Gasteiger partial charge in [-0.3, -0.25) is 4.79 Å². The second-order valence-corrected chi connectivity index (χ2v) is 4.29. The molecule has 0 fully saturated rings. The number of halogens is 1. The van der Waals surface area contributed by atoms with Crippen molar-refractivity contribution < 1.29 is 4.79 Å². The molecule has 3 heteroatoms. The Morgan fingerprint density at radius 3 is 2.67 bits per heavy atom. The van der Waals surface area contributed by atoms with Crippen molar-refractivity contribution in [1.29, 1.82) is 0 Å². The topological polar surface area (TPSA) is 43.1 Å². The number of carbonyl (C=O) groups excluding carboxylic acids is 1. The number of amides is 1. The minimum absolute atomic E-state index is 0.131. The second-order valence-electron chi connectivity index (χ2n) is 2.91. The van der Waals surface area contributed by atoms with Gasteiger partial charge in [-0.05, 0) is 39.0 Å². The van der Waals surface area contributed by atoms with Crippen molar-refractivity contribution in [3.05, 3.63) is 9.66 Å². The zero-order valence-electron chi connectivity index (χ0n) is 7.64. The van der Waals surface area contributed by atoms with Crippen LogP contribution < -0.4 is 5.73 Å². The van der Waals surface area contributed by atoms with Gasteiger partial charge in [-0.1, -0.05) is 26.3 Å². The fraction of sp³-hybridized carbons (Fsp3) is 0.667. The van der Waals surface area contributed by atoms with Crippen LogP contribution in [0.2, 0.25) is 0 Å².